The highest BCUT2D eigenvalue weighted by Crippen LogP contribution is 2.60. The Morgan fingerprint density at radius 2 is 1.76 bits per heavy atom. The summed E-state index contributed by atoms with van der Waals surface area (Å²) in [6.45, 7) is 1.19. The Hall–Kier alpha value is -2.61. The number of ether oxygens (including phenoxy) is 1. The minimum absolute atomic E-state index is 0.0219. The lowest BCUT2D eigenvalue weighted by atomic mass is 9.49. The van der Waals surface area contributed by atoms with Gasteiger partial charge in [0.15, 0.2) is 0 Å². The predicted octanol–water partition coefficient (Wildman–Crippen LogP) is 4.48. The molecule has 8 heteroatoms. The lowest BCUT2D eigenvalue weighted by Gasteiger charge is -2.55. The van der Waals surface area contributed by atoms with E-state index in [1.807, 2.05) is 4.90 Å². The molecule has 7 rings (SSSR count). The highest BCUT2D eigenvalue weighted by Gasteiger charge is 2.54. The van der Waals surface area contributed by atoms with Crippen LogP contribution in [-0.4, -0.2) is 34.4 Å². The standard InChI is InChI=1S/C26H30F2N4O2/c1-34-18-7-21(27)20(22(28)8-18)12-32-3-2-19-23(13-32)29-14-30-24(19)31-25(33)26-9-15-4-16(10-26)6-17(5-15)11-26/h7-8,14-17H,2-6,9-13H2,1H3,(H,29,30,31,33). The topological polar surface area (TPSA) is 67.3 Å². The van der Waals surface area contributed by atoms with Crippen molar-refractivity contribution in [1.82, 2.24) is 14.9 Å². The Morgan fingerprint density at radius 1 is 1.12 bits per heavy atom. The largest absolute Gasteiger partial charge is 0.497 e. The van der Waals surface area contributed by atoms with Crippen LogP contribution in [0.3, 0.4) is 0 Å². The van der Waals surface area contributed by atoms with E-state index < -0.39 is 11.6 Å². The minimum Gasteiger partial charge on any atom is -0.497 e. The Balaban J connectivity index is 1.18. The second kappa shape index (κ2) is 8.26. The average molecular weight is 469 g/mol. The third-order valence-electron chi connectivity index (χ3n) is 8.57. The number of rotatable bonds is 5. The number of carbonyl (C=O) groups is 1. The molecule has 0 saturated heterocycles. The number of anilines is 1. The van der Waals surface area contributed by atoms with Gasteiger partial charge in [-0.1, -0.05) is 0 Å². The Bertz CT molecular complexity index is 1080. The fourth-order valence-corrected chi connectivity index (χ4v) is 7.35. The van der Waals surface area contributed by atoms with Crippen molar-refractivity contribution >= 4 is 11.7 Å². The first-order valence-corrected chi connectivity index (χ1v) is 12.3. The summed E-state index contributed by atoms with van der Waals surface area (Å²) in [5.41, 5.74) is 1.52. The number of aromatic nitrogens is 2. The molecule has 2 aromatic rings. The molecule has 1 aliphatic heterocycles. The van der Waals surface area contributed by atoms with E-state index in [4.69, 9.17) is 4.74 Å². The van der Waals surface area contributed by atoms with Crippen molar-refractivity contribution in [3.05, 3.63) is 46.9 Å². The van der Waals surface area contributed by atoms with Crippen molar-refractivity contribution in [2.24, 2.45) is 23.2 Å². The number of hydrogen-bond acceptors (Lipinski definition) is 5. The van der Waals surface area contributed by atoms with Crippen LogP contribution in [0.25, 0.3) is 0 Å². The van der Waals surface area contributed by atoms with E-state index in [0.717, 1.165) is 30.5 Å². The average Bonchev–Trinajstić information content (AvgIpc) is 2.80. The predicted molar refractivity (Wildman–Crippen MR) is 122 cm³/mol. The van der Waals surface area contributed by atoms with Gasteiger partial charge in [-0.05, 0) is 62.7 Å². The van der Waals surface area contributed by atoms with Crippen LogP contribution in [0.15, 0.2) is 18.5 Å². The summed E-state index contributed by atoms with van der Waals surface area (Å²) in [7, 11) is 1.38. The van der Waals surface area contributed by atoms with E-state index in [2.05, 4.69) is 15.3 Å². The molecule has 4 aliphatic carbocycles. The molecule has 1 aromatic heterocycles. The normalized spacial score (nSPS) is 29.7. The molecule has 1 amide bonds. The Morgan fingerprint density at radius 3 is 2.38 bits per heavy atom. The molecule has 6 nitrogen and oxygen atoms in total. The number of nitrogens with zero attached hydrogens (tertiary/aromatic N) is 3. The first-order chi connectivity index (χ1) is 16.4. The zero-order valence-electron chi connectivity index (χ0n) is 19.4. The number of carbonyl (C=O) groups excluding carboxylic acids is 1. The van der Waals surface area contributed by atoms with Crippen molar-refractivity contribution < 1.29 is 18.3 Å². The summed E-state index contributed by atoms with van der Waals surface area (Å²) in [6, 6.07) is 2.41. The van der Waals surface area contributed by atoms with Gasteiger partial charge >= 0.3 is 0 Å². The zero-order chi connectivity index (χ0) is 23.4. The van der Waals surface area contributed by atoms with Crippen LogP contribution in [0.4, 0.5) is 14.6 Å². The zero-order valence-corrected chi connectivity index (χ0v) is 19.4. The number of benzene rings is 1. The summed E-state index contributed by atoms with van der Waals surface area (Å²) in [4.78, 5) is 24.3. The second-order valence-electron chi connectivity index (χ2n) is 10.8. The van der Waals surface area contributed by atoms with Gasteiger partial charge in [-0.25, -0.2) is 18.7 Å². The van der Waals surface area contributed by atoms with Gasteiger partial charge < -0.3 is 10.1 Å². The van der Waals surface area contributed by atoms with Crippen LogP contribution >= 0.6 is 0 Å². The first-order valence-electron chi connectivity index (χ1n) is 12.3. The van der Waals surface area contributed by atoms with Crippen LogP contribution in [0.2, 0.25) is 0 Å². The lowest BCUT2D eigenvalue weighted by Crippen LogP contribution is -2.52. The van der Waals surface area contributed by atoms with Gasteiger partial charge in [-0.3, -0.25) is 9.69 Å². The second-order valence-corrected chi connectivity index (χ2v) is 10.8. The smallest absolute Gasteiger partial charge is 0.231 e. The molecule has 4 saturated carbocycles. The van der Waals surface area contributed by atoms with E-state index in [0.29, 0.717) is 43.1 Å². The fraction of sp³-hybridized carbons (Fsp3) is 0.577. The molecule has 2 heterocycles. The number of fused-ring (bicyclic) bond motifs is 1. The highest BCUT2D eigenvalue weighted by molar-refractivity contribution is 5.95. The van der Waals surface area contributed by atoms with Crippen LogP contribution in [0, 0.1) is 34.8 Å². The number of methoxy groups -OCH3 is 1. The van der Waals surface area contributed by atoms with E-state index in [-0.39, 0.29) is 29.2 Å². The van der Waals surface area contributed by atoms with E-state index in [9.17, 15) is 13.6 Å². The molecule has 0 unspecified atom stereocenters. The molecule has 34 heavy (non-hydrogen) atoms. The van der Waals surface area contributed by atoms with Gasteiger partial charge in [0.1, 0.15) is 29.5 Å². The van der Waals surface area contributed by atoms with E-state index >= 15 is 0 Å². The summed E-state index contributed by atoms with van der Waals surface area (Å²) >= 11 is 0. The molecule has 1 N–H and O–H groups in total. The lowest BCUT2D eigenvalue weighted by molar-refractivity contribution is -0.140. The SMILES string of the molecule is COc1cc(F)c(CN2CCc3c(ncnc3NC(=O)C34CC5CC(CC(C5)C3)C4)C2)c(F)c1. The van der Waals surface area contributed by atoms with Crippen LogP contribution in [0.5, 0.6) is 5.75 Å². The summed E-state index contributed by atoms with van der Waals surface area (Å²) in [5.74, 6) is 1.75. The van der Waals surface area contributed by atoms with Gasteiger partial charge in [0.25, 0.3) is 0 Å². The van der Waals surface area contributed by atoms with Gasteiger partial charge in [-0.2, -0.15) is 0 Å². The van der Waals surface area contributed by atoms with Gasteiger partial charge in [0.2, 0.25) is 5.91 Å². The number of amides is 1. The third-order valence-corrected chi connectivity index (χ3v) is 8.57. The molecule has 4 bridgehead atoms. The van der Waals surface area contributed by atoms with Gasteiger partial charge in [0.05, 0.1) is 18.2 Å². The molecule has 1 aromatic carbocycles. The van der Waals surface area contributed by atoms with Crippen molar-refractivity contribution in [2.75, 3.05) is 19.0 Å². The van der Waals surface area contributed by atoms with Crippen LogP contribution < -0.4 is 10.1 Å². The number of hydrogen-bond donors (Lipinski definition) is 1. The molecule has 4 fully saturated rings. The molecule has 180 valence electrons. The Labute approximate surface area is 198 Å². The molecule has 0 radical (unpaired) electrons. The van der Waals surface area contributed by atoms with Crippen LogP contribution in [-0.2, 0) is 24.3 Å². The molecular weight excluding hydrogens is 438 g/mol. The molecular formula is C26H30F2N4O2. The molecule has 5 aliphatic rings. The summed E-state index contributed by atoms with van der Waals surface area (Å²) < 4.78 is 33.8. The van der Waals surface area contributed by atoms with Gasteiger partial charge in [-0.15, -0.1) is 0 Å². The third kappa shape index (κ3) is 3.76. The summed E-state index contributed by atoms with van der Waals surface area (Å²) in [5, 5.41) is 3.18. The molecule has 0 atom stereocenters. The van der Waals surface area contributed by atoms with Crippen molar-refractivity contribution in [1.29, 1.82) is 0 Å². The number of halogens is 2. The number of nitrogens with one attached hydrogen (secondary N) is 1. The monoisotopic (exact) mass is 468 g/mol. The minimum atomic E-state index is -0.617. The quantitative estimate of drug-likeness (QED) is 0.701. The molecule has 0 spiro atoms. The maximum atomic E-state index is 14.4. The summed E-state index contributed by atoms with van der Waals surface area (Å²) in [6.07, 6.45) is 8.99. The Kier molecular flexibility index (Phi) is 5.32. The first kappa shape index (κ1) is 21.9. The fourth-order valence-electron chi connectivity index (χ4n) is 7.35. The van der Waals surface area contributed by atoms with Crippen molar-refractivity contribution in [2.45, 2.75) is 58.0 Å². The maximum Gasteiger partial charge on any atom is 0.231 e. The highest BCUT2D eigenvalue weighted by atomic mass is 19.1. The van der Waals surface area contributed by atoms with Crippen molar-refractivity contribution in [3.63, 3.8) is 0 Å². The van der Waals surface area contributed by atoms with E-state index in [1.54, 1.807) is 0 Å². The van der Waals surface area contributed by atoms with Gasteiger partial charge in [0, 0.05) is 42.9 Å². The van der Waals surface area contributed by atoms with Crippen molar-refractivity contribution in [3.8, 4) is 5.75 Å². The van der Waals surface area contributed by atoms with Crippen LogP contribution in [0.1, 0.15) is 55.3 Å². The maximum absolute atomic E-state index is 14.4. The van der Waals surface area contributed by atoms with E-state index in [1.165, 1.54) is 44.8 Å².